The van der Waals surface area contributed by atoms with E-state index in [9.17, 15) is 0 Å². The average molecular weight is 118 g/mol. The Morgan fingerprint density at radius 3 is 1.00 bits per heavy atom. The van der Waals surface area contributed by atoms with Gasteiger partial charge in [-0.1, -0.05) is 39.9 Å². The van der Waals surface area contributed by atoms with Gasteiger partial charge in [0.25, 0.3) is 0 Å². The molecule has 0 fully saturated rings. The Balaban J connectivity index is 0. The molecule has 0 saturated heterocycles. The van der Waals surface area contributed by atoms with Crippen molar-refractivity contribution in [1.82, 2.24) is 0 Å². The van der Waals surface area contributed by atoms with Gasteiger partial charge in [0.1, 0.15) is 0 Å². The molecule has 0 N–H and O–H groups in total. The van der Waals surface area contributed by atoms with E-state index in [4.69, 9.17) is 0 Å². The first-order chi connectivity index (χ1) is 3.15. The van der Waals surface area contributed by atoms with E-state index >= 15 is 0 Å². The van der Waals surface area contributed by atoms with Crippen LogP contribution in [0.4, 0.5) is 0 Å². The molecule has 0 bridgehead atoms. The Morgan fingerprint density at radius 1 is 1.00 bits per heavy atom. The smallest absolute Gasteiger partial charge is 0.0274 e. The molecular weight excluding hydrogens is 100 g/mol. The summed E-state index contributed by atoms with van der Waals surface area (Å²) < 4.78 is 0. The van der Waals surface area contributed by atoms with E-state index in [1.54, 1.807) is 0 Å². The van der Waals surface area contributed by atoms with E-state index in [1.165, 1.54) is 6.42 Å². The van der Waals surface area contributed by atoms with Crippen molar-refractivity contribution in [3.8, 4) is 0 Å². The second kappa shape index (κ2) is 9.52. The zero-order chi connectivity index (χ0) is 6.28. The highest BCUT2D eigenvalue weighted by atomic mass is 28.3. The lowest BCUT2D eigenvalue weighted by Gasteiger charge is -1.75. The molecule has 1 heteroatoms. The summed E-state index contributed by atoms with van der Waals surface area (Å²) in [6.07, 6.45) is 1.25. The largest absolute Gasteiger partial charge is 0.0724 e. The molecule has 0 radical (unpaired) electrons. The first-order valence-electron chi connectivity index (χ1n) is 3.15. The highest BCUT2D eigenvalue weighted by Gasteiger charge is 1.71. The van der Waals surface area contributed by atoms with E-state index in [1.807, 2.05) is 0 Å². The highest BCUT2D eigenvalue weighted by molar-refractivity contribution is 6.54. The summed E-state index contributed by atoms with van der Waals surface area (Å²) in [5.41, 5.74) is 0. The average Bonchev–Trinajstić information content (AvgIpc) is 1.33. The van der Waals surface area contributed by atoms with E-state index in [0.29, 0.717) is 0 Å². The molecular formula is C6H18Si. The maximum Gasteiger partial charge on any atom is 0.0274 e. The fourth-order valence-electron chi connectivity index (χ4n) is 0. The van der Waals surface area contributed by atoms with Crippen LogP contribution in [0.5, 0.6) is 0 Å². The van der Waals surface area contributed by atoms with Crippen LogP contribution in [0.1, 0.15) is 20.3 Å². The summed E-state index contributed by atoms with van der Waals surface area (Å²) in [5.74, 6) is 0. The molecule has 0 amide bonds. The molecule has 0 nitrogen and oxygen atoms in total. The van der Waals surface area contributed by atoms with Crippen LogP contribution in [0.2, 0.25) is 19.6 Å². The summed E-state index contributed by atoms with van der Waals surface area (Å²) >= 11 is 0. The van der Waals surface area contributed by atoms with Gasteiger partial charge in [-0.05, 0) is 0 Å². The van der Waals surface area contributed by atoms with Gasteiger partial charge in [-0.15, -0.1) is 0 Å². The Morgan fingerprint density at radius 2 is 1.00 bits per heavy atom. The molecule has 0 aromatic heterocycles. The maximum absolute atomic E-state index is 2.31. The predicted molar refractivity (Wildman–Crippen MR) is 40.7 cm³/mol. The topological polar surface area (TPSA) is 0 Å². The summed E-state index contributed by atoms with van der Waals surface area (Å²) in [7, 11) is -0.139. The Labute approximate surface area is 49.5 Å². The van der Waals surface area contributed by atoms with Gasteiger partial charge in [0.15, 0.2) is 0 Å². The normalized spacial score (nSPS) is 7.71. The van der Waals surface area contributed by atoms with Gasteiger partial charge in [-0.25, -0.2) is 0 Å². The van der Waals surface area contributed by atoms with Gasteiger partial charge in [0, 0.05) is 8.80 Å². The Bertz CT molecular complexity index is 15.4. The number of rotatable bonds is 0. The van der Waals surface area contributed by atoms with Crippen LogP contribution in [0.25, 0.3) is 0 Å². The van der Waals surface area contributed by atoms with Crippen molar-refractivity contribution in [1.29, 1.82) is 0 Å². The van der Waals surface area contributed by atoms with E-state index in [0.717, 1.165) is 0 Å². The van der Waals surface area contributed by atoms with Crippen LogP contribution < -0.4 is 0 Å². The van der Waals surface area contributed by atoms with Gasteiger partial charge in [-0.3, -0.25) is 0 Å². The van der Waals surface area contributed by atoms with Crippen LogP contribution in [-0.2, 0) is 0 Å². The second-order valence-corrected chi connectivity index (χ2v) is 5.90. The summed E-state index contributed by atoms with van der Waals surface area (Å²) in [6.45, 7) is 11.2. The van der Waals surface area contributed by atoms with Gasteiger partial charge >= 0.3 is 0 Å². The summed E-state index contributed by atoms with van der Waals surface area (Å²) in [4.78, 5) is 0. The molecule has 0 unspecified atom stereocenters. The number of hydrogen-bond donors (Lipinski definition) is 0. The third kappa shape index (κ3) is 2350. The zero-order valence-corrected chi connectivity index (χ0v) is 7.44. The lowest BCUT2D eigenvalue weighted by molar-refractivity contribution is 1.09. The first-order valence-corrected chi connectivity index (χ1v) is 6.61. The van der Waals surface area contributed by atoms with Crippen molar-refractivity contribution in [2.45, 2.75) is 39.9 Å². The summed E-state index contributed by atoms with van der Waals surface area (Å²) in [6, 6.07) is 0. The van der Waals surface area contributed by atoms with Crippen molar-refractivity contribution < 1.29 is 0 Å². The molecule has 0 spiro atoms. The van der Waals surface area contributed by atoms with Crippen LogP contribution >= 0.6 is 0 Å². The van der Waals surface area contributed by atoms with Gasteiger partial charge in [-0.2, -0.15) is 0 Å². The Hall–Kier alpha value is 0.217. The van der Waals surface area contributed by atoms with Crippen LogP contribution in [-0.4, -0.2) is 8.80 Å². The van der Waals surface area contributed by atoms with Crippen LogP contribution in [0.3, 0.4) is 0 Å². The second-order valence-electron chi connectivity index (χ2n) is 2.44. The van der Waals surface area contributed by atoms with Crippen LogP contribution in [0, 0.1) is 0 Å². The molecule has 0 aliphatic heterocycles. The van der Waals surface area contributed by atoms with Crippen molar-refractivity contribution >= 4 is 8.80 Å². The molecule has 7 heavy (non-hydrogen) atoms. The van der Waals surface area contributed by atoms with Crippen molar-refractivity contribution in [3.05, 3.63) is 0 Å². The molecule has 0 rings (SSSR count). The summed E-state index contributed by atoms with van der Waals surface area (Å²) in [5, 5.41) is 0. The maximum atomic E-state index is 2.31. The molecule has 0 aliphatic rings. The minimum atomic E-state index is -0.139. The molecule has 0 aromatic rings. The highest BCUT2D eigenvalue weighted by Crippen LogP contribution is 1.68. The molecule has 0 aliphatic carbocycles. The fourth-order valence-corrected chi connectivity index (χ4v) is 0. The third-order valence-corrected chi connectivity index (χ3v) is 0. The van der Waals surface area contributed by atoms with Gasteiger partial charge in [0.2, 0.25) is 0 Å². The SMILES string of the molecule is CCC.C[SiH](C)C. The molecule has 0 heterocycles. The van der Waals surface area contributed by atoms with Crippen molar-refractivity contribution in [2.75, 3.05) is 0 Å². The van der Waals surface area contributed by atoms with E-state index < -0.39 is 0 Å². The van der Waals surface area contributed by atoms with E-state index in [2.05, 4.69) is 33.5 Å². The molecule has 0 atom stereocenters. The first kappa shape index (κ1) is 10.2. The molecule has 0 saturated carbocycles. The quantitative estimate of drug-likeness (QED) is 0.429. The molecule has 46 valence electrons. The fraction of sp³-hybridized carbons (Fsp3) is 1.00. The zero-order valence-electron chi connectivity index (χ0n) is 6.28. The van der Waals surface area contributed by atoms with Gasteiger partial charge in [0.05, 0.1) is 0 Å². The van der Waals surface area contributed by atoms with Crippen molar-refractivity contribution in [2.24, 2.45) is 0 Å². The van der Waals surface area contributed by atoms with Crippen molar-refractivity contribution in [3.63, 3.8) is 0 Å². The van der Waals surface area contributed by atoms with Crippen LogP contribution in [0.15, 0.2) is 0 Å². The standard InChI is InChI=1S/C3H10Si.C3H8/c1-4(2)3;1-3-2/h4H,1-3H3;3H2,1-2H3. The number of hydrogen-bond acceptors (Lipinski definition) is 0. The monoisotopic (exact) mass is 118 g/mol. The minimum absolute atomic E-state index is 0.139. The molecule has 0 aromatic carbocycles. The predicted octanol–water partition coefficient (Wildman–Crippen LogP) is 2.52. The van der Waals surface area contributed by atoms with E-state index in [-0.39, 0.29) is 8.80 Å². The minimum Gasteiger partial charge on any atom is -0.0724 e. The lowest BCUT2D eigenvalue weighted by atomic mass is 10.6. The lowest BCUT2D eigenvalue weighted by Crippen LogP contribution is -1.84. The Kier molecular flexibility index (Phi) is 13.9. The third-order valence-electron chi connectivity index (χ3n) is 0. The van der Waals surface area contributed by atoms with Gasteiger partial charge < -0.3 is 0 Å².